The molecule has 0 amide bonds. The number of fused-ring (bicyclic) bond motifs is 1. The van der Waals surface area contributed by atoms with Crippen LogP contribution < -0.4 is 10.6 Å². The minimum atomic E-state index is 0.485. The van der Waals surface area contributed by atoms with Crippen molar-refractivity contribution in [2.45, 2.75) is 13.0 Å². The van der Waals surface area contributed by atoms with Crippen molar-refractivity contribution in [1.29, 1.82) is 0 Å². The summed E-state index contributed by atoms with van der Waals surface area (Å²) in [5.74, 6) is 1.36. The van der Waals surface area contributed by atoms with E-state index >= 15 is 0 Å². The molecule has 0 bridgehead atoms. The van der Waals surface area contributed by atoms with Crippen molar-refractivity contribution in [3.8, 4) is 0 Å². The van der Waals surface area contributed by atoms with Crippen LogP contribution in [0.15, 0.2) is 35.1 Å². The highest BCUT2D eigenvalue weighted by Gasteiger charge is 2.19. The fourth-order valence-electron chi connectivity index (χ4n) is 2.27. The number of aromatic nitrogens is 2. The van der Waals surface area contributed by atoms with Gasteiger partial charge in [0.1, 0.15) is 22.4 Å². The van der Waals surface area contributed by atoms with Gasteiger partial charge in [0.2, 0.25) is 0 Å². The van der Waals surface area contributed by atoms with Crippen LogP contribution in [0.1, 0.15) is 11.1 Å². The lowest BCUT2D eigenvalue weighted by Gasteiger charge is -2.30. The van der Waals surface area contributed by atoms with Crippen LogP contribution in [-0.2, 0) is 13.0 Å². The summed E-state index contributed by atoms with van der Waals surface area (Å²) >= 11 is 3.46. The topological polar surface area (TPSA) is 55.0 Å². The van der Waals surface area contributed by atoms with Crippen LogP contribution >= 0.6 is 15.9 Å². The van der Waals surface area contributed by atoms with E-state index in [-0.39, 0.29) is 0 Å². The van der Waals surface area contributed by atoms with E-state index in [0.717, 1.165) is 29.8 Å². The van der Waals surface area contributed by atoms with Crippen LogP contribution in [0, 0.1) is 0 Å². The standard InChI is InChI=1S/C13H13BrN4/c14-11-12(15)16-8-17-13(11)18-6-5-9-3-1-2-4-10(9)7-18/h1-4,8H,5-7H2,(H2,15,16,17). The molecule has 1 aromatic carbocycles. The lowest BCUT2D eigenvalue weighted by atomic mass is 10.00. The molecular formula is C13H13BrN4. The zero-order chi connectivity index (χ0) is 12.5. The summed E-state index contributed by atoms with van der Waals surface area (Å²) in [4.78, 5) is 10.5. The molecule has 3 rings (SSSR count). The average Bonchev–Trinajstić information content (AvgIpc) is 2.41. The molecule has 4 nitrogen and oxygen atoms in total. The van der Waals surface area contributed by atoms with Crippen LogP contribution in [0.2, 0.25) is 0 Å². The number of nitrogens with two attached hydrogens (primary N) is 1. The van der Waals surface area contributed by atoms with E-state index < -0.39 is 0 Å². The van der Waals surface area contributed by atoms with Crippen molar-refractivity contribution in [2.75, 3.05) is 17.2 Å². The Labute approximate surface area is 114 Å². The number of hydrogen-bond donors (Lipinski definition) is 1. The van der Waals surface area contributed by atoms with E-state index in [1.54, 1.807) is 0 Å². The van der Waals surface area contributed by atoms with Gasteiger partial charge in [0.15, 0.2) is 0 Å². The third-order valence-corrected chi connectivity index (χ3v) is 3.99. The Morgan fingerprint density at radius 2 is 1.94 bits per heavy atom. The minimum Gasteiger partial charge on any atom is -0.383 e. The molecule has 5 heteroatoms. The van der Waals surface area contributed by atoms with Crippen molar-refractivity contribution in [3.05, 3.63) is 46.2 Å². The third kappa shape index (κ3) is 1.95. The number of benzene rings is 1. The zero-order valence-corrected chi connectivity index (χ0v) is 11.4. The predicted octanol–water partition coefficient (Wildman–Crippen LogP) is 2.38. The fourth-order valence-corrected chi connectivity index (χ4v) is 2.73. The molecule has 0 fully saturated rings. The smallest absolute Gasteiger partial charge is 0.148 e. The van der Waals surface area contributed by atoms with Gasteiger partial charge in [0.05, 0.1) is 0 Å². The molecule has 92 valence electrons. The van der Waals surface area contributed by atoms with Crippen LogP contribution in [0.5, 0.6) is 0 Å². The van der Waals surface area contributed by atoms with Crippen LogP contribution in [0.4, 0.5) is 11.6 Å². The van der Waals surface area contributed by atoms with E-state index in [9.17, 15) is 0 Å². The van der Waals surface area contributed by atoms with Gasteiger partial charge >= 0.3 is 0 Å². The Morgan fingerprint density at radius 1 is 1.17 bits per heavy atom. The normalized spacial score (nSPS) is 14.4. The molecule has 0 saturated heterocycles. The van der Waals surface area contributed by atoms with E-state index in [2.05, 4.69) is 55.1 Å². The summed E-state index contributed by atoms with van der Waals surface area (Å²) in [6.07, 6.45) is 2.54. The summed E-state index contributed by atoms with van der Waals surface area (Å²) in [6.45, 7) is 1.82. The first-order chi connectivity index (χ1) is 8.75. The molecule has 0 unspecified atom stereocenters. The largest absolute Gasteiger partial charge is 0.383 e. The SMILES string of the molecule is Nc1ncnc(N2CCc3ccccc3C2)c1Br. The quantitative estimate of drug-likeness (QED) is 0.879. The highest BCUT2D eigenvalue weighted by atomic mass is 79.9. The first-order valence-electron chi connectivity index (χ1n) is 5.83. The van der Waals surface area contributed by atoms with Crippen molar-refractivity contribution >= 4 is 27.6 Å². The average molecular weight is 305 g/mol. The number of halogens is 1. The van der Waals surface area contributed by atoms with Crippen LogP contribution in [0.25, 0.3) is 0 Å². The molecular weight excluding hydrogens is 292 g/mol. The molecule has 2 heterocycles. The van der Waals surface area contributed by atoms with Gasteiger partial charge in [-0.3, -0.25) is 0 Å². The Bertz CT molecular complexity index is 585. The number of nitrogen functional groups attached to an aromatic ring is 1. The second-order valence-electron chi connectivity index (χ2n) is 4.34. The highest BCUT2D eigenvalue weighted by molar-refractivity contribution is 9.10. The van der Waals surface area contributed by atoms with Gasteiger partial charge in [-0.25, -0.2) is 9.97 Å². The van der Waals surface area contributed by atoms with Crippen molar-refractivity contribution in [1.82, 2.24) is 9.97 Å². The Hall–Kier alpha value is -1.62. The second-order valence-corrected chi connectivity index (χ2v) is 5.13. The Kier molecular flexibility index (Phi) is 2.91. The fraction of sp³-hybridized carbons (Fsp3) is 0.231. The number of nitrogens with zero attached hydrogens (tertiary/aromatic N) is 3. The van der Waals surface area contributed by atoms with E-state index in [1.807, 2.05) is 0 Å². The number of anilines is 2. The molecule has 2 aromatic rings. The van der Waals surface area contributed by atoms with Gasteiger partial charge in [-0.1, -0.05) is 24.3 Å². The lowest BCUT2D eigenvalue weighted by molar-refractivity contribution is 0.717. The number of rotatable bonds is 1. The number of hydrogen-bond acceptors (Lipinski definition) is 4. The maximum atomic E-state index is 5.80. The van der Waals surface area contributed by atoms with Gasteiger partial charge in [-0.2, -0.15) is 0 Å². The van der Waals surface area contributed by atoms with Gasteiger partial charge in [0.25, 0.3) is 0 Å². The molecule has 0 spiro atoms. The van der Waals surface area contributed by atoms with Gasteiger partial charge < -0.3 is 10.6 Å². The summed E-state index contributed by atoms with van der Waals surface area (Å²) in [7, 11) is 0. The van der Waals surface area contributed by atoms with E-state index in [0.29, 0.717) is 5.82 Å². The van der Waals surface area contributed by atoms with Crippen LogP contribution in [-0.4, -0.2) is 16.5 Å². The van der Waals surface area contributed by atoms with Gasteiger partial charge in [-0.15, -0.1) is 0 Å². The first-order valence-corrected chi connectivity index (χ1v) is 6.62. The maximum absolute atomic E-state index is 5.80. The third-order valence-electron chi connectivity index (χ3n) is 3.23. The monoisotopic (exact) mass is 304 g/mol. The van der Waals surface area contributed by atoms with Crippen molar-refractivity contribution in [2.24, 2.45) is 0 Å². The summed E-state index contributed by atoms with van der Waals surface area (Å²) in [5, 5.41) is 0. The molecule has 18 heavy (non-hydrogen) atoms. The molecule has 1 aliphatic heterocycles. The molecule has 0 aliphatic carbocycles. The minimum absolute atomic E-state index is 0.485. The molecule has 0 radical (unpaired) electrons. The highest BCUT2D eigenvalue weighted by Crippen LogP contribution is 2.30. The summed E-state index contributed by atoms with van der Waals surface area (Å²) < 4.78 is 0.782. The predicted molar refractivity (Wildman–Crippen MR) is 75.3 cm³/mol. The zero-order valence-electron chi connectivity index (χ0n) is 9.81. The summed E-state index contributed by atoms with van der Waals surface area (Å²) in [5.41, 5.74) is 8.57. The molecule has 1 aliphatic rings. The van der Waals surface area contributed by atoms with E-state index in [1.165, 1.54) is 17.5 Å². The Morgan fingerprint density at radius 3 is 2.78 bits per heavy atom. The second kappa shape index (κ2) is 4.57. The lowest BCUT2D eigenvalue weighted by Crippen LogP contribution is -2.31. The first kappa shape index (κ1) is 11.5. The van der Waals surface area contributed by atoms with E-state index in [4.69, 9.17) is 5.73 Å². The van der Waals surface area contributed by atoms with Gasteiger partial charge in [-0.05, 0) is 33.5 Å². The van der Waals surface area contributed by atoms with Crippen molar-refractivity contribution in [3.63, 3.8) is 0 Å². The Balaban J connectivity index is 1.94. The molecule has 0 saturated carbocycles. The van der Waals surface area contributed by atoms with Crippen LogP contribution in [0.3, 0.4) is 0 Å². The van der Waals surface area contributed by atoms with Crippen molar-refractivity contribution < 1.29 is 0 Å². The summed E-state index contributed by atoms with van der Waals surface area (Å²) in [6, 6.07) is 8.52. The molecule has 2 N–H and O–H groups in total. The maximum Gasteiger partial charge on any atom is 0.148 e. The molecule has 0 atom stereocenters. The molecule has 1 aromatic heterocycles. The van der Waals surface area contributed by atoms with Gasteiger partial charge in [0, 0.05) is 13.1 Å².